The monoisotopic (exact) mass is 249 g/mol. The van der Waals surface area contributed by atoms with E-state index in [1.54, 1.807) is 0 Å². The number of carbonyl (C=O) groups excluding carboxylic acids is 1. The van der Waals surface area contributed by atoms with Gasteiger partial charge < -0.3 is 5.73 Å². The molecule has 2 nitrogen and oxygen atoms in total. The maximum absolute atomic E-state index is 13.0. The summed E-state index contributed by atoms with van der Waals surface area (Å²) in [6, 6.07) is 1.91. The summed E-state index contributed by atoms with van der Waals surface area (Å²) in [5, 5.41) is 0. The smallest absolute Gasteiger partial charge is 0.221 e. The highest BCUT2D eigenvalue weighted by Gasteiger charge is 2.09. The maximum atomic E-state index is 13.0. The third-order valence-electron chi connectivity index (χ3n) is 1.45. The summed E-state index contributed by atoms with van der Waals surface area (Å²) in [4.78, 5) is 10.4. The molecule has 0 aromatic heterocycles. The van der Waals surface area contributed by atoms with Crippen molar-refractivity contribution in [2.24, 2.45) is 5.73 Å². The second-order valence-corrected chi connectivity index (χ2v) is 3.36. The lowest BCUT2D eigenvalue weighted by molar-refractivity contribution is -0.117. The number of amides is 1. The Morgan fingerprint density at radius 3 is 2.54 bits per heavy atom. The van der Waals surface area contributed by atoms with Gasteiger partial charge >= 0.3 is 0 Å². The van der Waals surface area contributed by atoms with Crippen molar-refractivity contribution in [3.63, 3.8) is 0 Å². The minimum atomic E-state index is -0.694. The Bertz CT molecular complexity index is 354. The van der Waals surface area contributed by atoms with Crippen LogP contribution < -0.4 is 5.73 Å². The third kappa shape index (κ3) is 2.48. The number of hydrogen-bond donors (Lipinski definition) is 1. The summed E-state index contributed by atoms with van der Waals surface area (Å²) in [5.41, 5.74) is 4.81. The van der Waals surface area contributed by atoms with Gasteiger partial charge in [-0.3, -0.25) is 4.79 Å². The molecule has 0 saturated carbocycles. The molecule has 70 valence electrons. The van der Waals surface area contributed by atoms with Gasteiger partial charge in [0.15, 0.2) is 0 Å². The van der Waals surface area contributed by atoms with Gasteiger partial charge in [0.1, 0.15) is 11.6 Å². The highest BCUT2D eigenvalue weighted by molar-refractivity contribution is 9.10. The van der Waals surface area contributed by atoms with Gasteiger partial charge in [-0.25, -0.2) is 8.78 Å². The van der Waals surface area contributed by atoms with E-state index in [-0.39, 0.29) is 16.5 Å². The Labute approximate surface area is 81.9 Å². The van der Waals surface area contributed by atoms with Crippen LogP contribution in [0, 0.1) is 11.6 Å². The third-order valence-corrected chi connectivity index (χ3v) is 2.06. The van der Waals surface area contributed by atoms with E-state index in [4.69, 9.17) is 5.73 Å². The fraction of sp³-hybridized carbons (Fsp3) is 0.125. The van der Waals surface area contributed by atoms with Crippen LogP contribution in [0.15, 0.2) is 16.6 Å². The fourth-order valence-corrected chi connectivity index (χ4v) is 1.20. The molecule has 5 heteroatoms. The van der Waals surface area contributed by atoms with E-state index in [0.717, 1.165) is 12.1 Å². The lowest BCUT2D eigenvalue weighted by atomic mass is 10.1. The van der Waals surface area contributed by atoms with Crippen LogP contribution in [0.5, 0.6) is 0 Å². The van der Waals surface area contributed by atoms with Crippen molar-refractivity contribution in [3.8, 4) is 0 Å². The molecule has 13 heavy (non-hydrogen) atoms. The molecule has 0 bridgehead atoms. The molecule has 0 saturated heterocycles. The average molecular weight is 250 g/mol. The number of nitrogens with two attached hydrogens (primary N) is 1. The van der Waals surface area contributed by atoms with Crippen LogP contribution in [0.25, 0.3) is 0 Å². The van der Waals surface area contributed by atoms with E-state index in [2.05, 4.69) is 15.9 Å². The molecular weight excluding hydrogens is 244 g/mol. The molecule has 0 aliphatic carbocycles. The second-order valence-electron chi connectivity index (χ2n) is 2.50. The van der Waals surface area contributed by atoms with Gasteiger partial charge in [0.2, 0.25) is 5.91 Å². The van der Waals surface area contributed by atoms with E-state index in [1.807, 2.05) is 0 Å². The second kappa shape index (κ2) is 3.83. The molecule has 2 N–H and O–H groups in total. The van der Waals surface area contributed by atoms with Crippen molar-refractivity contribution < 1.29 is 13.6 Å². The van der Waals surface area contributed by atoms with Crippen LogP contribution in [-0.2, 0) is 11.2 Å². The van der Waals surface area contributed by atoms with Gasteiger partial charge in [-0.05, 0) is 28.1 Å². The van der Waals surface area contributed by atoms with Gasteiger partial charge in [0, 0.05) is 5.56 Å². The quantitative estimate of drug-likeness (QED) is 0.798. The molecule has 0 unspecified atom stereocenters. The zero-order chi connectivity index (χ0) is 10.0. The molecule has 0 atom stereocenters. The number of halogens is 3. The summed E-state index contributed by atoms with van der Waals surface area (Å²) in [6.45, 7) is 0. The average Bonchev–Trinajstić information content (AvgIpc) is 1.99. The maximum Gasteiger partial charge on any atom is 0.221 e. The van der Waals surface area contributed by atoms with Crippen molar-refractivity contribution in [2.75, 3.05) is 0 Å². The van der Waals surface area contributed by atoms with Gasteiger partial charge in [-0.2, -0.15) is 0 Å². The van der Waals surface area contributed by atoms with Crippen molar-refractivity contribution >= 4 is 21.8 Å². The largest absolute Gasteiger partial charge is 0.369 e. The first-order valence-electron chi connectivity index (χ1n) is 3.42. The predicted molar refractivity (Wildman–Crippen MR) is 47.0 cm³/mol. The Morgan fingerprint density at radius 1 is 1.38 bits per heavy atom. The normalized spacial score (nSPS) is 10.1. The van der Waals surface area contributed by atoms with Crippen LogP contribution in [0.1, 0.15) is 5.56 Å². The number of benzene rings is 1. The predicted octanol–water partition coefficient (Wildman–Crippen LogP) is 1.76. The zero-order valence-electron chi connectivity index (χ0n) is 6.48. The standard InChI is InChI=1S/C8H6BrF2NO/c9-5-3-6(10)4(1-7(5)11)2-8(12)13/h1,3H,2H2,(H2,12,13). The first-order chi connectivity index (χ1) is 6.00. The van der Waals surface area contributed by atoms with Gasteiger partial charge in [0.05, 0.1) is 10.9 Å². The number of primary amides is 1. The van der Waals surface area contributed by atoms with Gasteiger partial charge in [-0.1, -0.05) is 0 Å². The molecular formula is C8H6BrF2NO. The van der Waals surface area contributed by atoms with Crippen LogP contribution in [0.2, 0.25) is 0 Å². The minimum Gasteiger partial charge on any atom is -0.369 e. The summed E-state index contributed by atoms with van der Waals surface area (Å²) in [5.74, 6) is -1.95. The zero-order valence-corrected chi connectivity index (χ0v) is 8.07. The van der Waals surface area contributed by atoms with E-state index in [0.29, 0.717) is 0 Å². The molecule has 0 spiro atoms. The summed E-state index contributed by atoms with van der Waals surface area (Å²) < 4.78 is 25.9. The molecule has 0 radical (unpaired) electrons. The van der Waals surface area contributed by atoms with E-state index < -0.39 is 17.5 Å². The summed E-state index contributed by atoms with van der Waals surface area (Å²) >= 11 is 2.82. The lowest BCUT2D eigenvalue weighted by Gasteiger charge is -2.01. The topological polar surface area (TPSA) is 43.1 Å². The fourth-order valence-electron chi connectivity index (χ4n) is 0.887. The van der Waals surface area contributed by atoms with Crippen molar-refractivity contribution in [2.45, 2.75) is 6.42 Å². The Hall–Kier alpha value is -0.970. The Kier molecular flexibility index (Phi) is 2.98. The Balaban J connectivity index is 3.08. The molecule has 1 amide bonds. The number of rotatable bonds is 2. The van der Waals surface area contributed by atoms with Gasteiger partial charge in [-0.15, -0.1) is 0 Å². The molecule has 0 aliphatic rings. The highest BCUT2D eigenvalue weighted by atomic mass is 79.9. The first-order valence-corrected chi connectivity index (χ1v) is 4.21. The number of carbonyl (C=O) groups is 1. The van der Waals surface area contributed by atoms with Gasteiger partial charge in [0.25, 0.3) is 0 Å². The molecule has 1 aromatic carbocycles. The van der Waals surface area contributed by atoms with E-state index in [9.17, 15) is 13.6 Å². The first kappa shape index (κ1) is 10.1. The summed E-state index contributed by atoms with van der Waals surface area (Å²) in [7, 11) is 0. The minimum absolute atomic E-state index is 0.0261. The molecule has 0 heterocycles. The van der Waals surface area contributed by atoms with Crippen LogP contribution >= 0.6 is 15.9 Å². The lowest BCUT2D eigenvalue weighted by Crippen LogP contribution is -2.14. The van der Waals surface area contributed by atoms with Crippen LogP contribution in [0.3, 0.4) is 0 Å². The molecule has 0 aliphatic heterocycles. The Morgan fingerprint density at radius 2 is 2.00 bits per heavy atom. The summed E-state index contributed by atoms with van der Waals surface area (Å²) in [6.07, 6.45) is -0.296. The van der Waals surface area contributed by atoms with Crippen molar-refractivity contribution in [3.05, 3.63) is 33.8 Å². The molecule has 1 aromatic rings. The van der Waals surface area contributed by atoms with E-state index >= 15 is 0 Å². The molecule has 0 fully saturated rings. The molecule has 1 rings (SSSR count). The highest BCUT2D eigenvalue weighted by Crippen LogP contribution is 2.19. The van der Waals surface area contributed by atoms with Crippen LogP contribution in [0.4, 0.5) is 8.78 Å². The van der Waals surface area contributed by atoms with Crippen LogP contribution in [-0.4, -0.2) is 5.91 Å². The SMILES string of the molecule is NC(=O)Cc1cc(F)c(Br)cc1F. The van der Waals surface area contributed by atoms with Crippen molar-refractivity contribution in [1.29, 1.82) is 0 Å². The van der Waals surface area contributed by atoms with Crippen molar-refractivity contribution in [1.82, 2.24) is 0 Å². The number of hydrogen-bond acceptors (Lipinski definition) is 1. The van der Waals surface area contributed by atoms with E-state index in [1.165, 1.54) is 0 Å².